The van der Waals surface area contributed by atoms with Crippen LogP contribution in [0.1, 0.15) is 24.8 Å². The van der Waals surface area contributed by atoms with Gasteiger partial charge in [0.2, 0.25) is 5.91 Å². The predicted octanol–water partition coefficient (Wildman–Crippen LogP) is 2.46. The Balaban J connectivity index is 1.44. The number of thioether (sulfide) groups is 1. The minimum atomic E-state index is 0.0512. The first kappa shape index (κ1) is 16.8. The lowest BCUT2D eigenvalue weighted by molar-refractivity contribution is -0.135. The third-order valence-electron chi connectivity index (χ3n) is 4.59. The molecule has 0 aliphatic carbocycles. The lowest BCUT2D eigenvalue weighted by Crippen LogP contribution is -2.44. The van der Waals surface area contributed by atoms with Crippen LogP contribution in [0.25, 0.3) is 0 Å². The number of likely N-dealkylation sites (tertiary alicyclic amines) is 1. The maximum absolute atomic E-state index is 12.4. The van der Waals surface area contributed by atoms with Gasteiger partial charge < -0.3 is 15.0 Å². The molecule has 3 rings (SSSR count). The van der Waals surface area contributed by atoms with Crippen LogP contribution in [0.15, 0.2) is 29.2 Å². The highest BCUT2D eigenvalue weighted by atomic mass is 32.2. The van der Waals surface area contributed by atoms with E-state index in [4.69, 9.17) is 4.74 Å². The highest BCUT2D eigenvalue weighted by molar-refractivity contribution is 8.00. The van der Waals surface area contributed by atoms with Crippen LogP contribution in [0.5, 0.6) is 0 Å². The number of benzene rings is 1. The van der Waals surface area contributed by atoms with Gasteiger partial charge in [-0.05, 0) is 31.4 Å². The molecular weight excluding hydrogens is 308 g/mol. The summed E-state index contributed by atoms with van der Waals surface area (Å²) in [7, 11) is 0. The van der Waals surface area contributed by atoms with Crippen LogP contribution in [0.2, 0.25) is 0 Å². The molecule has 0 radical (unpaired) electrons. The molecule has 1 amide bonds. The molecule has 4 nitrogen and oxygen atoms in total. The van der Waals surface area contributed by atoms with E-state index in [1.165, 1.54) is 10.5 Å². The first-order valence-corrected chi connectivity index (χ1v) is 9.43. The second-order valence-corrected chi connectivity index (χ2v) is 7.71. The Hall–Kier alpha value is -1.04. The normalized spacial score (nSPS) is 23.0. The minimum absolute atomic E-state index is 0.0512. The highest BCUT2D eigenvalue weighted by Gasteiger charge is 2.26. The summed E-state index contributed by atoms with van der Waals surface area (Å²) < 4.78 is 5.64. The van der Waals surface area contributed by atoms with Crippen LogP contribution in [0, 0.1) is 6.92 Å². The molecule has 0 unspecified atom stereocenters. The number of carbonyl (C=O) groups is 1. The lowest BCUT2D eigenvalue weighted by atomic mass is 10.1. The van der Waals surface area contributed by atoms with Crippen LogP contribution < -0.4 is 5.32 Å². The quantitative estimate of drug-likeness (QED) is 0.918. The van der Waals surface area contributed by atoms with Gasteiger partial charge in [0.1, 0.15) is 0 Å². The zero-order chi connectivity index (χ0) is 16.1. The third-order valence-corrected chi connectivity index (χ3v) is 6.11. The molecule has 0 spiro atoms. The van der Waals surface area contributed by atoms with E-state index in [2.05, 4.69) is 36.5 Å². The van der Waals surface area contributed by atoms with Crippen molar-refractivity contribution in [3.63, 3.8) is 0 Å². The van der Waals surface area contributed by atoms with Crippen LogP contribution in [0.4, 0.5) is 0 Å². The van der Waals surface area contributed by atoms with Gasteiger partial charge in [0.15, 0.2) is 0 Å². The molecule has 1 N–H and O–H groups in total. The van der Waals surface area contributed by atoms with Crippen molar-refractivity contribution in [3.05, 3.63) is 29.8 Å². The second-order valence-electron chi connectivity index (χ2n) is 6.36. The van der Waals surface area contributed by atoms with Gasteiger partial charge in [-0.2, -0.15) is 0 Å². The molecule has 5 heteroatoms. The number of nitrogens with one attached hydrogen (secondary N) is 1. The Bertz CT molecular complexity index is 524. The Kier molecular flexibility index (Phi) is 5.97. The minimum Gasteiger partial charge on any atom is -0.375 e. The van der Waals surface area contributed by atoms with Crippen LogP contribution in [-0.2, 0) is 9.53 Å². The lowest BCUT2D eigenvalue weighted by Gasteiger charge is -2.33. The number of rotatable bonds is 4. The highest BCUT2D eigenvalue weighted by Crippen LogP contribution is 2.32. The number of nitrogens with zero attached hydrogens (tertiary/aromatic N) is 1. The number of amides is 1. The van der Waals surface area contributed by atoms with Crippen molar-refractivity contribution < 1.29 is 9.53 Å². The van der Waals surface area contributed by atoms with E-state index in [0.717, 1.165) is 39.0 Å². The van der Waals surface area contributed by atoms with E-state index < -0.39 is 0 Å². The van der Waals surface area contributed by atoms with Gasteiger partial charge >= 0.3 is 0 Å². The Morgan fingerprint density at radius 3 is 2.83 bits per heavy atom. The largest absolute Gasteiger partial charge is 0.375 e. The molecule has 0 aromatic heterocycles. The third kappa shape index (κ3) is 4.72. The van der Waals surface area contributed by atoms with Gasteiger partial charge in [0.25, 0.3) is 0 Å². The zero-order valence-corrected chi connectivity index (χ0v) is 14.6. The molecule has 126 valence electrons. The first-order chi connectivity index (χ1) is 11.2. The average Bonchev–Trinajstić information content (AvgIpc) is 2.58. The van der Waals surface area contributed by atoms with Crippen molar-refractivity contribution in [1.82, 2.24) is 10.2 Å². The van der Waals surface area contributed by atoms with Crippen LogP contribution >= 0.6 is 11.8 Å². The van der Waals surface area contributed by atoms with Crippen molar-refractivity contribution >= 4 is 17.7 Å². The van der Waals surface area contributed by atoms with Crippen LogP contribution in [0.3, 0.4) is 0 Å². The summed E-state index contributed by atoms with van der Waals surface area (Å²) in [5, 5.41) is 3.90. The fourth-order valence-corrected chi connectivity index (χ4v) is 4.38. The summed E-state index contributed by atoms with van der Waals surface area (Å²) >= 11 is 1.97. The van der Waals surface area contributed by atoms with E-state index in [1.807, 2.05) is 16.7 Å². The smallest absolute Gasteiger partial charge is 0.225 e. The molecular formula is C18H26N2O2S. The first-order valence-electron chi connectivity index (χ1n) is 8.55. The molecule has 0 saturated carbocycles. The molecule has 1 atom stereocenters. The molecule has 2 fully saturated rings. The molecule has 2 heterocycles. The van der Waals surface area contributed by atoms with Gasteiger partial charge in [-0.3, -0.25) is 4.79 Å². The summed E-state index contributed by atoms with van der Waals surface area (Å²) in [6.07, 6.45) is 2.72. The van der Waals surface area contributed by atoms with Crippen molar-refractivity contribution in [3.8, 4) is 0 Å². The van der Waals surface area contributed by atoms with E-state index in [0.29, 0.717) is 18.3 Å². The van der Waals surface area contributed by atoms with E-state index in [1.54, 1.807) is 0 Å². The maximum atomic E-state index is 12.4. The predicted molar refractivity (Wildman–Crippen MR) is 93.9 cm³/mol. The topological polar surface area (TPSA) is 41.6 Å². The summed E-state index contributed by atoms with van der Waals surface area (Å²) in [5.74, 6) is 0.248. The van der Waals surface area contributed by atoms with Crippen molar-refractivity contribution in [2.75, 3.05) is 32.8 Å². The fourth-order valence-electron chi connectivity index (χ4n) is 3.17. The van der Waals surface area contributed by atoms with E-state index in [9.17, 15) is 4.79 Å². The number of hydrogen-bond acceptors (Lipinski definition) is 4. The standard InChI is InChI=1S/C18H26N2O2S/c1-14-4-2-3-5-17(14)23-16-6-9-20(10-7-16)18(21)12-15-13-19-8-11-22-15/h2-5,15-16,19H,6-13H2,1H3/t15-/m1/s1. The van der Waals surface area contributed by atoms with Gasteiger partial charge in [-0.15, -0.1) is 11.8 Å². The van der Waals surface area contributed by atoms with Crippen molar-refractivity contribution in [1.29, 1.82) is 0 Å². The monoisotopic (exact) mass is 334 g/mol. The summed E-state index contributed by atoms with van der Waals surface area (Å²) in [4.78, 5) is 15.8. The molecule has 2 aliphatic heterocycles. The maximum Gasteiger partial charge on any atom is 0.225 e. The number of carbonyl (C=O) groups excluding carboxylic acids is 1. The SMILES string of the molecule is Cc1ccccc1SC1CCN(C(=O)C[C@@H]2CNCCO2)CC1. The number of aryl methyl sites for hydroxylation is 1. The molecule has 2 saturated heterocycles. The number of hydrogen-bond donors (Lipinski definition) is 1. The molecule has 23 heavy (non-hydrogen) atoms. The molecule has 1 aromatic rings. The van der Waals surface area contributed by atoms with Crippen molar-refractivity contribution in [2.24, 2.45) is 0 Å². The molecule has 2 aliphatic rings. The van der Waals surface area contributed by atoms with Gasteiger partial charge in [0, 0.05) is 36.3 Å². The fraction of sp³-hybridized carbons (Fsp3) is 0.611. The van der Waals surface area contributed by atoms with Gasteiger partial charge in [-0.25, -0.2) is 0 Å². The summed E-state index contributed by atoms with van der Waals surface area (Å²) in [6.45, 7) is 6.33. The molecule has 1 aromatic carbocycles. The number of piperidine rings is 1. The summed E-state index contributed by atoms with van der Waals surface area (Å²) in [6, 6.07) is 8.55. The van der Waals surface area contributed by atoms with Gasteiger partial charge in [-0.1, -0.05) is 18.2 Å². The van der Waals surface area contributed by atoms with Crippen molar-refractivity contribution in [2.45, 2.75) is 42.4 Å². The Labute approximate surface area is 143 Å². The summed E-state index contributed by atoms with van der Waals surface area (Å²) in [5.41, 5.74) is 1.35. The molecule has 0 bridgehead atoms. The average molecular weight is 334 g/mol. The number of ether oxygens (including phenoxy) is 1. The Morgan fingerprint density at radius 2 is 2.13 bits per heavy atom. The van der Waals surface area contributed by atoms with Crippen LogP contribution in [-0.4, -0.2) is 54.9 Å². The Morgan fingerprint density at radius 1 is 1.35 bits per heavy atom. The van der Waals surface area contributed by atoms with E-state index >= 15 is 0 Å². The zero-order valence-electron chi connectivity index (χ0n) is 13.8. The number of morpholine rings is 1. The second kappa shape index (κ2) is 8.18. The van der Waals surface area contributed by atoms with E-state index in [-0.39, 0.29) is 12.0 Å². The van der Waals surface area contributed by atoms with Gasteiger partial charge in [0.05, 0.1) is 19.1 Å².